The number of rotatable bonds is 5. The molecule has 1 unspecified atom stereocenters. The molecule has 4 nitrogen and oxygen atoms in total. The van der Waals surface area contributed by atoms with Gasteiger partial charge in [-0.3, -0.25) is 4.98 Å². The summed E-state index contributed by atoms with van der Waals surface area (Å²) < 4.78 is 0. The molecule has 0 aliphatic heterocycles. The maximum atomic E-state index is 6.18. The molecule has 0 aliphatic carbocycles. The summed E-state index contributed by atoms with van der Waals surface area (Å²) in [6.07, 6.45) is 3.41. The molecule has 1 atom stereocenters. The Morgan fingerprint density at radius 1 is 1.21 bits per heavy atom. The number of aromatic nitrogens is 2. The largest absolute Gasteiger partial charge is 0.369 e. The van der Waals surface area contributed by atoms with E-state index in [0.717, 1.165) is 28.8 Å². The molecule has 1 aromatic heterocycles. The molecular weight excluding hydrogens is 260 g/mol. The maximum Gasteiger partial charge on any atom is 0.147 e. The third-order valence-electron chi connectivity index (χ3n) is 2.73. The number of halogens is 1. The zero-order valence-corrected chi connectivity index (χ0v) is 11.8. The molecule has 2 aromatic rings. The normalized spacial score (nSPS) is 11.9. The fourth-order valence-corrected chi connectivity index (χ4v) is 2.13. The minimum Gasteiger partial charge on any atom is -0.369 e. The van der Waals surface area contributed by atoms with Crippen molar-refractivity contribution in [3.63, 3.8) is 0 Å². The minimum atomic E-state index is 0.0693. The van der Waals surface area contributed by atoms with E-state index in [2.05, 4.69) is 20.6 Å². The summed E-state index contributed by atoms with van der Waals surface area (Å²) in [5.74, 6) is 1.49. The van der Waals surface area contributed by atoms with E-state index in [1.165, 1.54) is 0 Å². The molecule has 0 amide bonds. The fourth-order valence-electron chi connectivity index (χ4n) is 1.83. The molecule has 5 heteroatoms. The van der Waals surface area contributed by atoms with Crippen LogP contribution in [-0.2, 0) is 0 Å². The molecule has 0 bridgehead atoms. The molecule has 0 radical (unpaired) electrons. The van der Waals surface area contributed by atoms with Crippen molar-refractivity contribution in [1.82, 2.24) is 9.97 Å². The summed E-state index contributed by atoms with van der Waals surface area (Å²) in [6.45, 7) is 4.88. The van der Waals surface area contributed by atoms with Crippen molar-refractivity contribution in [2.24, 2.45) is 0 Å². The van der Waals surface area contributed by atoms with Crippen LogP contribution in [0.25, 0.3) is 0 Å². The second-order valence-corrected chi connectivity index (χ2v) is 4.61. The van der Waals surface area contributed by atoms with Gasteiger partial charge in [0.05, 0.1) is 18.4 Å². The first-order valence-electron chi connectivity index (χ1n) is 6.27. The average molecular weight is 277 g/mol. The molecule has 19 heavy (non-hydrogen) atoms. The summed E-state index contributed by atoms with van der Waals surface area (Å²) in [5.41, 5.74) is 1.04. The van der Waals surface area contributed by atoms with Gasteiger partial charge in [0, 0.05) is 11.6 Å². The number of hydrogen-bond acceptors (Lipinski definition) is 4. The number of benzene rings is 1. The van der Waals surface area contributed by atoms with Crippen LogP contribution < -0.4 is 10.6 Å². The molecule has 0 fully saturated rings. The highest BCUT2D eigenvalue weighted by Crippen LogP contribution is 2.24. The van der Waals surface area contributed by atoms with Gasteiger partial charge in [-0.1, -0.05) is 29.8 Å². The molecule has 1 heterocycles. The van der Waals surface area contributed by atoms with Crippen LogP contribution >= 0.6 is 11.6 Å². The Labute approximate surface area is 118 Å². The SMILES string of the molecule is CCNc1cncc(NC(C)c2ccccc2Cl)n1. The average Bonchev–Trinajstić information content (AvgIpc) is 2.40. The lowest BCUT2D eigenvalue weighted by molar-refractivity contribution is 0.871. The molecule has 0 saturated heterocycles. The van der Waals surface area contributed by atoms with E-state index in [4.69, 9.17) is 11.6 Å². The van der Waals surface area contributed by atoms with Gasteiger partial charge >= 0.3 is 0 Å². The topological polar surface area (TPSA) is 49.8 Å². The predicted molar refractivity (Wildman–Crippen MR) is 79.7 cm³/mol. The van der Waals surface area contributed by atoms with E-state index in [-0.39, 0.29) is 6.04 Å². The lowest BCUT2D eigenvalue weighted by Gasteiger charge is -2.16. The third-order valence-corrected chi connectivity index (χ3v) is 3.07. The van der Waals surface area contributed by atoms with Gasteiger partial charge in [-0.25, -0.2) is 4.98 Å². The summed E-state index contributed by atoms with van der Waals surface area (Å²) in [6, 6.07) is 7.85. The van der Waals surface area contributed by atoms with E-state index >= 15 is 0 Å². The van der Waals surface area contributed by atoms with Gasteiger partial charge in [0.2, 0.25) is 0 Å². The van der Waals surface area contributed by atoms with Crippen LogP contribution in [0, 0.1) is 0 Å². The Balaban J connectivity index is 2.12. The van der Waals surface area contributed by atoms with Crippen LogP contribution in [0.2, 0.25) is 5.02 Å². The Hall–Kier alpha value is -1.81. The van der Waals surface area contributed by atoms with Crippen LogP contribution in [0.3, 0.4) is 0 Å². The van der Waals surface area contributed by atoms with E-state index in [0.29, 0.717) is 0 Å². The van der Waals surface area contributed by atoms with Crippen LogP contribution in [0.5, 0.6) is 0 Å². The highest BCUT2D eigenvalue weighted by atomic mass is 35.5. The van der Waals surface area contributed by atoms with Crippen LogP contribution in [-0.4, -0.2) is 16.5 Å². The van der Waals surface area contributed by atoms with Gasteiger partial charge in [-0.15, -0.1) is 0 Å². The Bertz CT molecular complexity index is 544. The van der Waals surface area contributed by atoms with Gasteiger partial charge in [-0.05, 0) is 25.5 Å². The molecule has 0 saturated carbocycles. The summed E-state index contributed by atoms with van der Waals surface area (Å²) in [7, 11) is 0. The Morgan fingerprint density at radius 2 is 1.95 bits per heavy atom. The first-order valence-corrected chi connectivity index (χ1v) is 6.65. The van der Waals surface area contributed by atoms with E-state index in [9.17, 15) is 0 Å². The maximum absolute atomic E-state index is 6.18. The number of hydrogen-bond donors (Lipinski definition) is 2. The molecule has 0 aliphatic rings. The minimum absolute atomic E-state index is 0.0693. The molecule has 2 N–H and O–H groups in total. The van der Waals surface area contributed by atoms with E-state index in [1.54, 1.807) is 12.4 Å². The van der Waals surface area contributed by atoms with Gasteiger partial charge in [-0.2, -0.15) is 0 Å². The second kappa shape index (κ2) is 6.38. The molecule has 2 rings (SSSR count). The van der Waals surface area contributed by atoms with Gasteiger partial charge in [0.1, 0.15) is 11.6 Å². The van der Waals surface area contributed by atoms with Crippen molar-refractivity contribution < 1.29 is 0 Å². The Morgan fingerprint density at radius 3 is 2.68 bits per heavy atom. The second-order valence-electron chi connectivity index (χ2n) is 4.21. The highest BCUT2D eigenvalue weighted by molar-refractivity contribution is 6.31. The highest BCUT2D eigenvalue weighted by Gasteiger charge is 2.09. The zero-order chi connectivity index (χ0) is 13.7. The van der Waals surface area contributed by atoms with Crippen molar-refractivity contribution in [2.75, 3.05) is 17.2 Å². The summed E-state index contributed by atoms with van der Waals surface area (Å²) >= 11 is 6.18. The first kappa shape index (κ1) is 13.6. The lowest BCUT2D eigenvalue weighted by atomic mass is 10.1. The van der Waals surface area contributed by atoms with E-state index in [1.807, 2.05) is 38.1 Å². The standard InChI is InChI=1S/C14H17ClN4/c1-3-17-13-8-16-9-14(19-13)18-10(2)11-6-4-5-7-12(11)15/h4-10H,3H2,1-2H3,(H2,17,18,19). The van der Waals surface area contributed by atoms with E-state index < -0.39 is 0 Å². The zero-order valence-electron chi connectivity index (χ0n) is 11.0. The summed E-state index contributed by atoms with van der Waals surface area (Å²) in [4.78, 5) is 8.58. The van der Waals surface area contributed by atoms with Crippen molar-refractivity contribution >= 4 is 23.2 Å². The van der Waals surface area contributed by atoms with Gasteiger partial charge < -0.3 is 10.6 Å². The fraction of sp³-hybridized carbons (Fsp3) is 0.286. The molecule has 100 valence electrons. The van der Waals surface area contributed by atoms with Crippen molar-refractivity contribution in [1.29, 1.82) is 0 Å². The number of anilines is 2. The van der Waals surface area contributed by atoms with Crippen LogP contribution in [0.1, 0.15) is 25.5 Å². The summed E-state index contributed by atoms with van der Waals surface area (Å²) in [5, 5.41) is 7.18. The molecule has 1 aromatic carbocycles. The predicted octanol–water partition coefficient (Wildman–Crippen LogP) is 3.73. The van der Waals surface area contributed by atoms with Gasteiger partial charge in [0.25, 0.3) is 0 Å². The smallest absolute Gasteiger partial charge is 0.147 e. The molecular formula is C14H17ClN4. The van der Waals surface area contributed by atoms with Crippen LogP contribution in [0.15, 0.2) is 36.7 Å². The number of nitrogens with one attached hydrogen (secondary N) is 2. The van der Waals surface area contributed by atoms with Gasteiger partial charge in [0.15, 0.2) is 0 Å². The van der Waals surface area contributed by atoms with Crippen molar-refractivity contribution in [2.45, 2.75) is 19.9 Å². The monoisotopic (exact) mass is 276 g/mol. The number of nitrogens with zero attached hydrogens (tertiary/aromatic N) is 2. The first-order chi connectivity index (χ1) is 9.20. The van der Waals surface area contributed by atoms with Crippen LogP contribution in [0.4, 0.5) is 11.6 Å². The lowest BCUT2D eigenvalue weighted by Crippen LogP contribution is -2.10. The molecule has 0 spiro atoms. The third kappa shape index (κ3) is 3.58. The Kier molecular flexibility index (Phi) is 4.58. The van der Waals surface area contributed by atoms with Crippen molar-refractivity contribution in [3.8, 4) is 0 Å². The van der Waals surface area contributed by atoms with Crippen molar-refractivity contribution in [3.05, 3.63) is 47.2 Å². The quantitative estimate of drug-likeness (QED) is 0.874.